The summed E-state index contributed by atoms with van der Waals surface area (Å²) in [5, 5.41) is 18.8. The van der Waals surface area contributed by atoms with Crippen molar-refractivity contribution in [2.45, 2.75) is 25.0 Å². The van der Waals surface area contributed by atoms with Gasteiger partial charge in [-0.05, 0) is 23.8 Å². The van der Waals surface area contributed by atoms with Crippen LogP contribution in [0.15, 0.2) is 36.0 Å². The summed E-state index contributed by atoms with van der Waals surface area (Å²) in [4.78, 5) is 22.1. The second kappa shape index (κ2) is 5.75. The Labute approximate surface area is 105 Å². The van der Waals surface area contributed by atoms with Crippen molar-refractivity contribution >= 4 is 11.8 Å². The van der Waals surface area contributed by atoms with E-state index >= 15 is 0 Å². The molecule has 1 rings (SSSR count). The maximum absolute atomic E-state index is 11.7. The van der Waals surface area contributed by atoms with Crippen molar-refractivity contribution in [1.29, 1.82) is 0 Å². The molecule has 0 aromatic rings. The fraction of sp³-hybridized carbons (Fsp3) is 0.385. The maximum Gasteiger partial charge on any atom is 0.328 e. The van der Waals surface area contributed by atoms with Crippen LogP contribution in [0.1, 0.15) is 13.3 Å². The minimum Gasteiger partial charge on any atom is -0.478 e. The van der Waals surface area contributed by atoms with E-state index in [0.717, 1.165) is 6.08 Å². The standard InChI is InChI=1S/C13H16O5/c1-3-10(14)13(17)7-6-9(4-5-12(15)16)8-11(13)18-2/h4-8,11,17H,3H2,1-2H3,(H,15,16)/b5-4+. The van der Waals surface area contributed by atoms with Crippen LogP contribution in [0.2, 0.25) is 0 Å². The molecule has 0 fully saturated rings. The van der Waals surface area contributed by atoms with Gasteiger partial charge in [0, 0.05) is 19.6 Å². The van der Waals surface area contributed by atoms with Crippen molar-refractivity contribution in [2.24, 2.45) is 0 Å². The zero-order chi connectivity index (χ0) is 13.8. The van der Waals surface area contributed by atoms with Crippen molar-refractivity contribution in [2.75, 3.05) is 7.11 Å². The Bertz CT molecular complexity index is 433. The average Bonchev–Trinajstić information content (AvgIpc) is 2.36. The number of ketones is 1. The van der Waals surface area contributed by atoms with Gasteiger partial charge in [0.15, 0.2) is 11.4 Å². The molecule has 1 aliphatic rings. The van der Waals surface area contributed by atoms with E-state index in [-0.39, 0.29) is 12.2 Å². The lowest BCUT2D eigenvalue weighted by molar-refractivity contribution is -0.141. The largest absolute Gasteiger partial charge is 0.478 e. The molecule has 0 aromatic carbocycles. The number of carbonyl (C=O) groups excluding carboxylic acids is 1. The zero-order valence-electron chi connectivity index (χ0n) is 10.3. The van der Waals surface area contributed by atoms with Gasteiger partial charge in [0.25, 0.3) is 0 Å². The number of Topliss-reactive ketones (excluding diaryl/α,β-unsaturated/α-hetero) is 1. The summed E-state index contributed by atoms with van der Waals surface area (Å²) in [5.41, 5.74) is -1.11. The number of hydrogen-bond acceptors (Lipinski definition) is 4. The molecule has 2 atom stereocenters. The van der Waals surface area contributed by atoms with Gasteiger partial charge >= 0.3 is 5.97 Å². The van der Waals surface area contributed by atoms with Gasteiger partial charge in [-0.1, -0.05) is 13.0 Å². The predicted octanol–water partition coefficient (Wildman–Crippen LogP) is 0.849. The molecule has 0 bridgehead atoms. The Hall–Kier alpha value is -1.72. The summed E-state index contributed by atoms with van der Waals surface area (Å²) in [6, 6.07) is 0. The molecule has 98 valence electrons. The Kier molecular flexibility index (Phi) is 4.58. The molecule has 0 saturated heterocycles. The van der Waals surface area contributed by atoms with Crippen LogP contribution >= 0.6 is 0 Å². The van der Waals surface area contributed by atoms with Crippen molar-refractivity contribution in [3.63, 3.8) is 0 Å². The number of methoxy groups -OCH3 is 1. The minimum absolute atomic E-state index is 0.189. The van der Waals surface area contributed by atoms with Crippen LogP contribution in [-0.2, 0) is 14.3 Å². The van der Waals surface area contributed by atoms with Gasteiger partial charge in [-0.25, -0.2) is 4.79 Å². The van der Waals surface area contributed by atoms with Gasteiger partial charge in [0.05, 0.1) is 0 Å². The first kappa shape index (κ1) is 14.3. The SMILES string of the molecule is CCC(=O)C1(O)C=CC(/C=C/C(=O)O)=CC1OC. The molecule has 0 aliphatic heterocycles. The first-order chi connectivity index (χ1) is 8.43. The van der Waals surface area contributed by atoms with Crippen LogP contribution in [0, 0.1) is 0 Å². The molecule has 2 N–H and O–H groups in total. The molecule has 0 radical (unpaired) electrons. The van der Waals surface area contributed by atoms with Crippen LogP contribution in [0.25, 0.3) is 0 Å². The van der Waals surface area contributed by atoms with Crippen LogP contribution in [-0.4, -0.2) is 40.8 Å². The second-order valence-corrected chi connectivity index (χ2v) is 3.93. The number of carbonyl (C=O) groups is 2. The quantitative estimate of drug-likeness (QED) is 0.709. The Balaban J connectivity index is 2.99. The first-order valence-corrected chi connectivity index (χ1v) is 5.54. The Morgan fingerprint density at radius 3 is 2.72 bits per heavy atom. The summed E-state index contributed by atoms with van der Waals surface area (Å²) in [6.07, 6.45) is 6.10. The lowest BCUT2D eigenvalue weighted by Gasteiger charge is -2.31. The highest BCUT2D eigenvalue weighted by atomic mass is 16.5. The van der Waals surface area contributed by atoms with Crippen molar-refractivity contribution in [3.8, 4) is 0 Å². The smallest absolute Gasteiger partial charge is 0.328 e. The lowest BCUT2D eigenvalue weighted by Crippen LogP contribution is -2.48. The lowest BCUT2D eigenvalue weighted by atomic mass is 9.84. The number of hydrogen-bond donors (Lipinski definition) is 2. The number of aliphatic hydroxyl groups is 1. The van der Waals surface area contributed by atoms with E-state index in [9.17, 15) is 14.7 Å². The summed E-state index contributed by atoms with van der Waals surface area (Å²) in [6.45, 7) is 1.66. The van der Waals surface area contributed by atoms with E-state index in [0.29, 0.717) is 5.57 Å². The molecule has 0 heterocycles. The molecular formula is C13H16O5. The monoisotopic (exact) mass is 252 g/mol. The van der Waals surface area contributed by atoms with Gasteiger partial charge in [-0.3, -0.25) is 4.79 Å². The van der Waals surface area contributed by atoms with Gasteiger partial charge in [-0.15, -0.1) is 0 Å². The summed E-state index contributed by atoms with van der Waals surface area (Å²) in [5.74, 6) is -1.41. The Morgan fingerprint density at radius 2 is 2.22 bits per heavy atom. The number of aliphatic carboxylic acids is 1. The van der Waals surface area contributed by atoms with E-state index in [1.165, 1.54) is 31.4 Å². The summed E-state index contributed by atoms with van der Waals surface area (Å²) < 4.78 is 5.09. The topological polar surface area (TPSA) is 83.8 Å². The van der Waals surface area contributed by atoms with Crippen molar-refractivity contribution in [3.05, 3.63) is 36.0 Å². The second-order valence-electron chi connectivity index (χ2n) is 3.93. The van der Waals surface area contributed by atoms with Gasteiger partial charge in [0.2, 0.25) is 0 Å². The molecule has 5 heteroatoms. The normalized spacial score (nSPS) is 27.3. The van der Waals surface area contributed by atoms with E-state index < -0.39 is 17.7 Å². The van der Waals surface area contributed by atoms with E-state index in [1.807, 2.05) is 0 Å². The van der Waals surface area contributed by atoms with Crippen molar-refractivity contribution < 1.29 is 24.5 Å². The molecule has 2 unspecified atom stereocenters. The third-order valence-electron chi connectivity index (χ3n) is 2.75. The van der Waals surface area contributed by atoms with Crippen LogP contribution in [0.3, 0.4) is 0 Å². The molecule has 18 heavy (non-hydrogen) atoms. The van der Waals surface area contributed by atoms with Gasteiger partial charge < -0.3 is 14.9 Å². The molecule has 0 spiro atoms. The fourth-order valence-electron chi connectivity index (χ4n) is 1.74. The molecule has 5 nitrogen and oxygen atoms in total. The van der Waals surface area contributed by atoms with E-state index in [4.69, 9.17) is 9.84 Å². The molecule has 1 aliphatic carbocycles. The predicted molar refractivity (Wildman–Crippen MR) is 65.0 cm³/mol. The summed E-state index contributed by atoms with van der Waals surface area (Å²) in [7, 11) is 1.38. The molecule has 0 saturated carbocycles. The molecular weight excluding hydrogens is 236 g/mol. The number of ether oxygens (including phenoxy) is 1. The maximum atomic E-state index is 11.7. The van der Waals surface area contributed by atoms with Gasteiger partial charge in [-0.2, -0.15) is 0 Å². The van der Waals surface area contributed by atoms with E-state index in [2.05, 4.69) is 0 Å². The zero-order valence-corrected chi connectivity index (χ0v) is 10.3. The number of rotatable bonds is 5. The van der Waals surface area contributed by atoms with Crippen molar-refractivity contribution in [1.82, 2.24) is 0 Å². The number of allylic oxidation sites excluding steroid dienone is 3. The molecule has 0 amide bonds. The number of carboxylic acid groups (broad SMARTS) is 1. The van der Waals surface area contributed by atoms with E-state index in [1.54, 1.807) is 6.92 Å². The minimum atomic E-state index is -1.68. The third-order valence-corrected chi connectivity index (χ3v) is 2.75. The van der Waals surface area contributed by atoms with Crippen LogP contribution in [0.4, 0.5) is 0 Å². The highest BCUT2D eigenvalue weighted by molar-refractivity contribution is 5.90. The molecule has 0 aromatic heterocycles. The highest BCUT2D eigenvalue weighted by Gasteiger charge is 2.41. The fourth-order valence-corrected chi connectivity index (χ4v) is 1.74. The van der Waals surface area contributed by atoms with Gasteiger partial charge in [0.1, 0.15) is 6.10 Å². The average molecular weight is 252 g/mol. The highest BCUT2D eigenvalue weighted by Crippen LogP contribution is 2.26. The Morgan fingerprint density at radius 1 is 1.56 bits per heavy atom. The third kappa shape index (κ3) is 2.94. The van der Waals surface area contributed by atoms with Crippen LogP contribution < -0.4 is 0 Å². The first-order valence-electron chi connectivity index (χ1n) is 5.54. The number of carboxylic acids is 1. The van der Waals surface area contributed by atoms with Crippen LogP contribution in [0.5, 0.6) is 0 Å². The summed E-state index contributed by atoms with van der Waals surface area (Å²) >= 11 is 0.